The van der Waals surface area contributed by atoms with Gasteiger partial charge in [-0.2, -0.15) is 4.31 Å². The van der Waals surface area contributed by atoms with Gasteiger partial charge in [0.2, 0.25) is 10.0 Å². The molecule has 1 aromatic carbocycles. The molecular formula is C15H21NO4S. The Morgan fingerprint density at radius 3 is 2.57 bits per heavy atom. The van der Waals surface area contributed by atoms with Crippen LogP contribution in [0.4, 0.5) is 0 Å². The van der Waals surface area contributed by atoms with E-state index >= 15 is 0 Å². The smallest absolute Gasteiger partial charge is 0.335 e. The Morgan fingerprint density at radius 2 is 2.05 bits per heavy atom. The Bertz CT molecular complexity index is 635. The largest absolute Gasteiger partial charge is 0.478 e. The average Bonchev–Trinajstić information content (AvgIpc) is 3.23. The van der Waals surface area contributed by atoms with Gasteiger partial charge >= 0.3 is 5.97 Å². The van der Waals surface area contributed by atoms with Gasteiger partial charge in [0.05, 0.1) is 10.5 Å². The molecule has 1 aliphatic rings. The van der Waals surface area contributed by atoms with Gasteiger partial charge in [0.15, 0.2) is 0 Å². The van der Waals surface area contributed by atoms with Crippen molar-refractivity contribution in [3.8, 4) is 0 Å². The van der Waals surface area contributed by atoms with Crippen molar-refractivity contribution in [2.45, 2.75) is 50.5 Å². The molecule has 1 saturated carbocycles. The lowest BCUT2D eigenvalue weighted by molar-refractivity contribution is 0.0696. The third-order valence-electron chi connectivity index (χ3n) is 3.79. The van der Waals surface area contributed by atoms with Crippen LogP contribution < -0.4 is 0 Å². The number of rotatable bonds is 7. The molecule has 5 nitrogen and oxygen atoms in total. The van der Waals surface area contributed by atoms with Gasteiger partial charge in [-0.05, 0) is 43.9 Å². The minimum Gasteiger partial charge on any atom is -0.478 e. The van der Waals surface area contributed by atoms with E-state index in [0.717, 1.165) is 25.7 Å². The summed E-state index contributed by atoms with van der Waals surface area (Å²) in [5.74, 6) is -1.10. The molecule has 0 bridgehead atoms. The molecule has 1 fully saturated rings. The Balaban J connectivity index is 2.42. The summed E-state index contributed by atoms with van der Waals surface area (Å²) >= 11 is 0. The molecule has 0 radical (unpaired) electrons. The van der Waals surface area contributed by atoms with Crippen LogP contribution in [0.2, 0.25) is 0 Å². The summed E-state index contributed by atoms with van der Waals surface area (Å²) in [5, 5.41) is 9.15. The highest BCUT2D eigenvalue weighted by molar-refractivity contribution is 7.89. The molecule has 0 amide bonds. The lowest BCUT2D eigenvalue weighted by atomic mass is 10.1. The first-order chi connectivity index (χ1) is 9.89. The Morgan fingerprint density at radius 1 is 1.38 bits per heavy atom. The van der Waals surface area contributed by atoms with E-state index < -0.39 is 16.0 Å². The van der Waals surface area contributed by atoms with Crippen molar-refractivity contribution in [1.29, 1.82) is 0 Å². The van der Waals surface area contributed by atoms with Crippen molar-refractivity contribution >= 4 is 16.0 Å². The van der Waals surface area contributed by atoms with E-state index in [2.05, 4.69) is 0 Å². The normalized spacial score (nSPS) is 15.4. The van der Waals surface area contributed by atoms with Crippen LogP contribution in [0.15, 0.2) is 23.1 Å². The van der Waals surface area contributed by atoms with Gasteiger partial charge in [-0.1, -0.05) is 19.4 Å². The Hall–Kier alpha value is -1.40. The molecule has 2 rings (SSSR count). The lowest BCUT2D eigenvalue weighted by Crippen LogP contribution is -2.34. The second-order valence-corrected chi connectivity index (χ2v) is 7.29. The molecule has 0 spiro atoms. The van der Waals surface area contributed by atoms with Crippen LogP contribution in [-0.4, -0.2) is 36.4 Å². The van der Waals surface area contributed by atoms with Gasteiger partial charge in [-0.15, -0.1) is 0 Å². The van der Waals surface area contributed by atoms with E-state index in [1.165, 1.54) is 18.2 Å². The third kappa shape index (κ3) is 3.27. The summed E-state index contributed by atoms with van der Waals surface area (Å²) in [6.45, 7) is 4.08. The first kappa shape index (κ1) is 16.0. The highest BCUT2D eigenvalue weighted by atomic mass is 32.2. The number of unbranched alkanes of at least 4 members (excludes halogenated alkanes) is 1. The molecular weight excluding hydrogens is 290 g/mol. The molecule has 6 heteroatoms. The van der Waals surface area contributed by atoms with Crippen LogP contribution in [0.5, 0.6) is 0 Å². The minimum atomic E-state index is -3.63. The van der Waals surface area contributed by atoms with E-state index in [1.54, 1.807) is 11.2 Å². The highest BCUT2D eigenvalue weighted by Gasteiger charge is 2.38. The van der Waals surface area contributed by atoms with E-state index in [1.807, 2.05) is 6.92 Å². The van der Waals surface area contributed by atoms with Crippen LogP contribution >= 0.6 is 0 Å². The summed E-state index contributed by atoms with van der Waals surface area (Å²) in [5.41, 5.74) is 0.356. The average molecular weight is 311 g/mol. The van der Waals surface area contributed by atoms with Crippen LogP contribution in [0.25, 0.3) is 0 Å². The van der Waals surface area contributed by atoms with Gasteiger partial charge in [0.25, 0.3) is 0 Å². The number of carboxylic acid groups (broad SMARTS) is 1. The van der Waals surface area contributed by atoms with Crippen LogP contribution in [0, 0.1) is 6.92 Å². The molecule has 1 aromatic rings. The number of sulfonamides is 1. The fourth-order valence-corrected chi connectivity index (χ4v) is 4.40. The van der Waals surface area contributed by atoms with Crippen molar-refractivity contribution in [2.75, 3.05) is 6.54 Å². The fraction of sp³-hybridized carbons (Fsp3) is 0.533. The number of carbonyl (C=O) groups is 1. The zero-order chi connectivity index (χ0) is 15.6. The molecule has 0 unspecified atom stereocenters. The number of benzene rings is 1. The second kappa shape index (κ2) is 6.15. The molecule has 0 atom stereocenters. The molecule has 0 heterocycles. The molecule has 1 N–H and O–H groups in total. The van der Waals surface area contributed by atoms with Crippen molar-refractivity contribution in [2.24, 2.45) is 0 Å². The SMILES string of the molecule is CCCCN(C1CC1)S(=O)(=O)c1cccc(C(=O)O)c1C. The van der Waals surface area contributed by atoms with Gasteiger partial charge < -0.3 is 5.11 Å². The number of carboxylic acids is 1. The van der Waals surface area contributed by atoms with E-state index in [0.29, 0.717) is 12.1 Å². The monoisotopic (exact) mass is 311 g/mol. The molecule has 0 saturated heterocycles. The zero-order valence-electron chi connectivity index (χ0n) is 12.4. The minimum absolute atomic E-state index is 0.0438. The standard InChI is InChI=1S/C15H21NO4S/c1-3-4-10-16(12-8-9-12)21(19,20)14-7-5-6-13(11(14)2)15(17)18/h5-7,12H,3-4,8-10H2,1-2H3,(H,17,18). The molecule has 21 heavy (non-hydrogen) atoms. The van der Waals surface area contributed by atoms with E-state index in [-0.39, 0.29) is 16.5 Å². The molecule has 0 aliphatic heterocycles. The quantitative estimate of drug-likeness (QED) is 0.840. The number of hydrogen-bond acceptors (Lipinski definition) is 3. The highest BCUT2D eigenvalue weighted by Crippen LogP contribution is 2.33. The van der Waals surface area contributed by atoms with Crippen LogP contribution in [0.3, 0.4) is 0 Å². The first-order valence-electron chi connectivity index (χ1n) is 7.24. The summed E-state index contributed by atoms with van der Waals surface area (Å²) in [7, 11) is -3.63. The molecule has 1 aliphatic carbocycles. The summed E-state index contributed by atoms with van der Waals surface area (Å²) in [4.78, 5) is 11.3. The van der Waals surface area contributed by atoms with Crippen molar-refractivity contribution in [3.05, 3.63) is 29.3 Å². The number of aromatic carboxylic acids is 1. The van der Waals surface area contributed by atoms with Crippen LogP contribution in [0.1, 0.15) is 48.5 Å². The Kier molecular flexibility index (Phi) is 4.68. The van der Waals surface area contributed by atoms with E-state index in [9.17, 15) is 13.2 Å². The fourth-order valence-electron chi connectivity index (χ4n) is 2.43. The van der Waals surface area contributed by atoms with Gasteiger partial charge in [0.1, 0.15) is 0 Å². The maximum absolute atomic E-state index is 12.8. The van der Waals surface area contributed by atoms with Gasteiger partial charge in [-0.25, -0.2) is 13.2 Å². The van der Waals surface area contributed by atoms with Crippen molar-refractivity contribution < 1.29 is 18.3 Å². The van der Waals surface area contributed by atoms with Gasteiger partial charge in [-0.3, -0.25) is 0 Å². The topological polar surface area (TPSA) is 74.7 Å². The van der Waals surface area contributed by atoms with E-state index in [4.69, 9.17) is 5.11 Å². The number of nitrogens with zero attached hydrogens (tertiary/aromatic N) is 1. The maximum Gasteiger partial charge on any atom is 0.335 e. The zero-order valence-corrected chi connectivity index (χ0v) is 13.2. The van der Waals surface area contributed by atoms with Gasteiger partial charge in [0, 0.05) is 12.6 Å². The summed E-state index contributed by atoms with van der Waals surface area (Å²) < 4.78 is 27.2. The van der Waals surface area contributed by atoms with Crippen molar-refractivity contribution in [1.82, 2.24) is 4.31 Å². The van der Waals surface area contributed by atoms with Crippen molar-refractivity contribution in [3.63, 3.8) is 0 Å². The number of hydrogen-bond donors (Lipinski definition) is 1. The van der Waals surface area contributed by atoms with Crippen LogP contribution in [-0.2, 0) is 10.0 Å². The molecule has 116 valence electrons. The lowest BCUT2D eigenvalue weighted by Gasteiger charge is -2.23. The first-order valence-corrected chi connectivity index (χ1v) is 8.68. The predicted octanol–water partition coefficient (Wildman–Crippen LogP) is 2.65. The summed E-state index contributed by atoms with van der Waals surface area (Å²) in [6, 6.07) is 4.51. The Labute approximate surface area is 125 Å². The summed E-state index contributed by atoms with van der Waals surface area (Å²) in [6.07, 6.45) is 3.52. The maximum atomic E-state index is 12.8. The molecule has 0 aromatic heterocycles. The second-order valence-electron chi connectivity index (χ2n) is 5.43. The third-order valence-corrected chi connectivity index (χ3v) is 5.88. The predicted molar refractivity (Wildman–Crippen MR) is 80.0 cm³/mol.